The summed E-state index contributed by atoms with van der Waals surface area (Å²) < 4.78 is 19.2. The van der Waals surface area contributed by atoms with Gasteiger partial charge in [0, 0.05) is 4.47 Å². The van der Waals surface area contributed by atoms with Gasteiger partial charge in [-0.1, -0.05) is 15.9 Å². The first-order chi connectivity index (χ1) is 7.20. The van der Waals surface area contributed by atoms with E-state index in [4.69, 9.17) is 4.42 Å². The molecule has 0 amide bonds. The van der Waals surface area contributed by atoms with Gasteiger partial charge in [0.1, 0.15) is 11.6 Å². The lowest BCUT2D eigenvalue weighted by Crippen LogP contribution is -1.81. The zero-order valence-corrected chi connectivity index (χ0v) is 9.12. The van der Waals surface area contributed by atoms with E-state index in [1.165, 1.54) is 12.1 Å². The molecule has 0 saturated heterocycles. The molecule has 1 heterocycles. The van der Waals surface area contributed by atoms with Crippen molar-refractivity contribution >= 4 is 22.2 Å². The molecule has 0 aliphatic carbocycles. The number of hydrogen-bond donors (Lipinski definition) is 0. The molecule has 0 unspecified atom stereocenters. The fourth-order valence-corrected chi connectivity index (χ4v) is 1.58. The van der Waals surface area contributed by atoms with Crippen molar-refractivity contribution < 1.29 is 13.6 Å². The van der Waals surface area contributed by atoms with Crippen molar-refractivity contribution in [3.8, 4) is 11.3 Å². The van der Waals surface area contributed by atoms with Crippen LogP contribution in [-0.2, 0) is 0 Å². The van der Waals surface area contributed by atoms with Gasteiger partial charge in [-0.15, -0.1) is 0 Å². The number of carbonyl (C=O) groups is 1. The third kappa shape index (κ3) is 1.99. The van der Waals surface area contributed by atoms with Crippen molar-refractivity contribution in [3.63, 3.8) is 0 Å². The van der Waals surface area contributed by atoms with Crippen LogP contribution in [0.1, 0.15) is 10.6 Å². The normalized spacial score (nSPS) is 10.3. The minimum absolute atomic E-state index is 0.187. The highest BCUT2D eigenvalue weighted by Gasteiger charge is 2.09. The molecule has 0 spiro atoms. The number of halogens is 2. The summed E-state index contributed by atoms with van der Waals surface area (Å²) in [5.74, 6) is 0.144. The summed E-state index contributed by atoms with van der Waals surface area (Å²) in [5.41, 5.74) is 0.339. The van der Waals surface area contributed by atoms with Crippen LogP contribution in [0.25, 0.3) is 11.3 Å². The van der Waals surface area contributed by atoms with E-state index in [-0.39, 0.29) is 5.76 Å². The molecular weight excluding hydrogens is 263 g/mol. The summed E-state index contributed by atoms with van der Waals surface area (Å²) in [6.45, 7) is 0. The molecule has 0 radical (unpaired) electrons. The van der Waals surface area contributed by atoms with E-state index in [1.807, 2.05) is 0 Å². The SMILES string of the molecule is O=Cc1ccc(-c2ccc(Br)cc2F)o1. The maximum Gasteiger partial charge on any atom is 0.185 e. The Morgan fingerprint density at radius 3 is 2.67 bits per heavy atom. The topological polar surface area (TPSA) is 30.2 Å². The molecule has 0 fully saturated rings. The summed E-state index contributed by atoms with van der Waals surface area (Å²) in [7, 11) is 0. The van der Waals surface area contributed by atoms with Crippen LogP contribution >= 0.6 is 15.9 Å². The van der Waals surface area contributed by atoms with Crippen LogP contribution in [0, 0.1) is 5.82 Å². The van der Waals surface area contributed by atoms with Gasteiger partial charge in [-0.3, -0.25) is 4.79 Å². The first-order valence-electron chi connectivity index (χ1n) is 4.21. The molecule has 15 heavy (non-hydrogen) atoms. The third-order valence-corrected chi connectivity index (χ3v) is 2.43. The number of carbonyl (C=O) groups excluding carboxylic acids is 1. The monoisotopic (exact) mass is 268 g/mol. The third-order valence-electron chi connectivity index (χ3n) is 1.94. The number of furan rings is 1. The molecule has 0 atom stereocenters. The van der Waals surface area contributed by atoms with E-state index in [1.54, 1.807) is 18.2 Å². The van der Waals surface area contributed by atoms with Crippen molar-refractivity contribution in [1.29, 1.82) is 0 Å². The minimum atomic E-state index is -0.392. The maximum absolute atomic E-state index is 13.5. The van der Waals surface area contributed by atoms with Crippen LogP contribution in [0.5, 0.6) is 0 Å². The van der Waals surface area contributed by atoms with Crippen molar-refractivity contribution in [1.82, 2.24) is 0 Å². The molecule has 76 valence electrons. The molecule has 1 aromatic carbocycles. The molecule has 0 aliphatic heterocycles. The van der Waals surface area contributed by atoms with Gasteiger partial charge in [0.25, 0.3) is 0 Å². The quantitative estimate of drug-likeness (QED) is 0.779. The Morgan fingerprint density at radius 2 is 2.07 bits per heavy atom. The second kappa shape index (κ2) is 3.98. The molecule has 2 nitrogen and oxygen atoms in total. The molecule has 1 aromatic heterocycles. The molecule has 0 N–H and O–H groups in total. The van der Waals surface area contributed by atoms with E-state index in [9.17, 15) is 9.18 Å². The van der Waals surface area contributed by atoms with Crippen molar-refractivity contribution in [2.24, 2.45) is 0 Å². The predicted octanol–water partition coefficient (Wildman–Crippen LogP) is 3.66. The van der Waals surface area contributed by atoms with Gasteiger partial charge < -0.3 is 4.42 Å². The highest BCUT2D eigenvalue weighted by atomic mass is 79.9. The fraction of sp³-hybridized carbons (Fsp3) is 0. The Balaban J connectivity index is 2.49. The summed E-state index contributed by atoms with van der Waals surface area (Å²) >= 11 is 3.16. The Labute approximate surface area is 93.8 Å². The van der Waals surface area contributed by atoms with E-state index >= 15 is 0 Å². The lowest BCUT2D eigenvalue weighted by Gasteiger charge is -1.99. The van der Waals surface area contributed by atoms with Crippen molar-refractivity contribution in [2.45, 2.75) is 0 Å². The van der Waals surface area contributed by atoms with Crippen molar-refractivity contribution in [3.05, 3.63) is 46.4 Å². The Morgan fingerprint density at radius 1 is 1.27 bits per heavy atom. The smallest absolute Gasteiger partial charge is 0.185 e. The van der Waals surface area contributed by atoms with Gasteiger partial charge in [-0.05, 0) is 30.3 Å². The molecule has 4 heteroatoms. The fourth-order valence-electron chi connectivity index (χ4n) is 1.25. The predicted molar refractivity (Wildman–Crippen MR) is 57.2 cm³/mol. The lowest BCUT2D eigenvalue weighted by molar-refractivity contribution is 0.110. The molecule has 2 rings (SSSR count). The highest BCUT2D eigenvalue weighted by Crippen LogP contribution is 2.26. The second-order valence-corrected chi connectivity index (χ2v) is 3.86. The first-order valence-corrected chi connectivity index (χ1v) is 5.00. The first kappa shape index (κ1) is 10.1. The second-order valence-electron chi connectivity index (χ2n) is 2.94. The molecule has 2 aromatic rings. The molecular formula is C11H6BrFO2. The Bertz CT molecular complexity index is 505. The number of rotatable bonds is 2. The molecule has 0 saturated carbocycles. The number of hydrogen-bond acceptors (Lipinski definition) is 2. The van der Waals surface area contributed by atoms with E-state index in [2.05, 4.69) is 15.9 Å². The Hall–Kier alpha value is -1.42. The average molecular weight is 269 g/mol. The standard InChI is InChI=1S/C11H6BrFO2/c12-7-1-3-9(10(13)5-7)11-4-2-8(6-14)15-11/h1-6H. The van der Waals surface area contributed by atoms with Crippen LogP contribution < -0.4 is 0 Å². The largest absolute Gasteiger partial charge is 0.453 e. The summed E-state index contributed by atoms with van der Waals surface area (Å²) in [5, 5.41) is 0. The lowest BCUT2D eigenvalue weighted by atomic mass is 10.1. The van der Waals surface area contributed by atoms with Gasteiger partial charge in [0.05, 0.1) is 5.56 Å². The summed E-state index contributed by atoms with van der Waals surface area (Å²) in [6, 6.07) is 7.71. The highest BCUT2D eigenvalue weighted by molar-refractivity contribution is 9.10. The van der Waals surface area contributed by atoms with Crippen LogP contribution in [-0.4, -0.2) is 6.29 Å². The van der Waals surface area contributed by atoms with E-state index in [0.717, 1.165) is 0 Å². The zero-order valence-electron chi connectivity index (χ0n) is 7.54. The van der Waals surface area contributed by atoms with Gasteiger partial charge in [0.15, 0.2) is 12.0 Å². The minimum Gasteiger partial charge on any atom is -0.453 e. The molecule has 0 bridgehead atoms. The summed E-state index contributed by atoms with van der Waals surface area (Å²) in [6.07, 6.45) is 0.584. The van der Waals surface area contributed by atoms with Crippen LogP contribution in [0.4, 0.5) is 4.39 Å². The van der Waals surface area contributed by atoms with Crippen LogP contribution in [0.3, 0.4) is 0 Å². The van der Waals surface area contributed by atoms with Crippen LogP contribution in [0.15, 0.2) is 39.2 Å². The number of benzene rings is 1. The number of aldehydes is 1. The van der Waals surface area contributed by atoms with Gasteiger partial charge in [0.2, 0.25) is 0 Å². The van der Waals surface area contributed by atoms with Crippen molar-refractivity contribution in [2.75, 3.05) is 0 Å². The zero-order chi connectivity index (χ0) is 10.8. The summed E-state index contributed by atoms with van der Waals surface area (Å²) in [4.78, 5) is 10.4. The Kier molecular flexibility index (Phi) is 2.68. The van der Waals surface area contributed by atoms with Gasteiger partial charge in [-0.25, -0.2) is 4.39 Å². The van der Waals surface area contributed by atoms with Gasteiger partial charge >= 0.3 is 0 Å². The van der Waals surface area contributed by atoms with E-state index in [0.29, 0.717) is 22.1 Å². The maximum atomic E-state index is 13.5. The molecule has 0 aliphatic rings. The van der Waals surface area contributed by atoms with Crippen LogP contribution in [0.2, 0.25) is 0 Å². The van der Waals surface area contributed by atoms with E-state index < -0.39 is 5.82 Å². The average Bonchev–Trinajstić information content (AvgIpc) is 2.66. The van der Waals surface area contributed by atoms with Gasteiger partial charge in [-0.2, -0.15) is 0 Å².